The summed E-state index contributed by atoms with van der Waals surface area (Å²) in [6.45, 7) is 12.5. The molecule has 19 heavy (non-hydrogen) atoms. The average molecular weight is 267 g/mol. The minimum atomic E-state index is -0.356. The molecule has 0 aromatic rings. The molecule has 0 atom stereocenters. The van der Waals surface area contributed by atoms with Gasteiger partial charge in [0.05, 0.1) is 6.61 Å². The van der Waals surface area contributed by atoms with Gasteiger partial charge in [0.1, 0.15) is 0 Å². The molecule has 0 aromatic carbocycles. The fourth-order valence-electron chi connectivity index (χ4n) is 1.50. The molecule has 4 heteroatoms. The van der Waals surface area contributed by atoms with Gasteiger partial charge in [-0.15, -0.1) is 0 Å². The predicted molar refractivity (Wildman–Crippen MR) is 76.7 cm³/mol. The molecule has 0 aliphatic carbocycles. The fraction of sp³-hybridized carbons (Fsp3) is 0.600. The molecule has 1 amide bonds. The molecule has 0 heterocycles. The summed E-state index contributed by atoms with van der Waals surface area (Å²) in [5.41, 5.74) is 0.409. The molecular weight excluding hydrogens is 242 g/mol. The summed E-state index contributed by atoms with van der Waals surface area (Å²) in [5.74, 6) is -0.391. The SMILES string of the molecule is C=CC(=O)N(CCCC)CCCCOC(=O)C(=C)C. The lowest BCUT2D eigenvalue weighted by molar-refractivity contribution is -0.139. The standard InChI is InChI=1S/C15H25NO3/c1-5-7-10-16(14(17)6-2)11-8-9-12-19-15(18)13(3)4/h6H,2-3,5,7-12H2,1,4H3. The Morgan fingerprint density at radius 2 is 1.84 bits per heavy atom. The Morgan fingerprint density at radius 1 is 1.21 bits per heavy atom. The van der Waals surface area contributed by atoms with Crippen LogP contribution in [0.4, 0.5) is 0 Å². The number of amides is 1. The molecule has 0 radical (unpaired) electrons. The van der Waals surface area contributed by atoms with Crippen LogP contribution in [0, 0.1) is 0 Å². The Kier molecular flexibility index (Phi) is 9.49. The number of carbonyl (C=O) groups excluding carboxylic acids is 2. The lowest BCUT2D eigenvalue weighted by atomic mass is 10.2. The molecule has 108 valence electrons. The predicted octanol–water partition coefficient (Wildman–Crippen LogP) is 2.70. The van der Waals surface area contributed by atoms with E-state index in [1.165, 1.54) is 6.08 Å². The molecule has 0 aromatic heterocycles. The van der Waals surface area contributed by atoms with Crippen LogP contribution in [0.2, 0.25) is 0 Å². The quantitative estimate of drug-likeness (QED) is 0.347. The van der Waals surface area contributed by atoms with Crippen LogP contribution in [-0.4, -0.2) is 36.5 Å². The number of esters is 1. The Bertz CT molecular complexity index is 323. The molecule has 0 aliphatic heterocycles. The second-order valence-corrected chi connectivity index (χ2v) is 4.51. The number of rotatable bonds is 10. The Balaban J connectivity index is 3.86. The highest BCUT2D eigenvalue weighted by Gasteiger charge is 2.09. The highest BCUT2D eigenvalue weighted by molar-refractivity contribution is 5.87. The number of hydrogen-bond acceptors (Lipinski definition) is 3. The zero-order valence-electron chi connectivity index (χ0n) is 12.1. The van der Waals surface area contributed by atoms with Crippen LogP contribution in [0.25, 0.3) is 0 Å². The van der Waals surface area contributed by atoms with E-state index in [4.69, 9.17) is 4.74 Å². The summed E-state index contributed by atoms with van der Waals surface area (Å²) in [6, 6.07) is 0. The van der Waals surface area contributed by atoms with Crippen molar-refractivity contribution in [2.45, 2.75) is 39.5 Å². The molecule has 0 spiro atoms. The number of carbonyl (C=O) groups is 2. The first kappa shape index (κ1) is 17.4. The van der Waals surface area contributed by atoms with Gasteiger partial charge in [-0.05, 0) is 32.3 Å². The molecule has 0 N–H and O–H groups in total. The zero-order chi connectivity index (χ0) is 14.7. The van der Waals surface area contributed by atoms with Crippen LogP contribution in [0.5, 0.6) is 0 Å². The smallest absolute Gasteiger partial charge is 0.333 e. The Labute approximate surface area is 116 Å². The van der Waals surface area contributed by atoms with Gasteiger partial charge in [-0.3, -0.25) is 4.79 Å². The Morgan fingerprint density at radius 3 is 2.37 bits per heavy atom. The lowest BCUT2D eigenvalue weighted by Crippen LogP contribution is -2.31. The van der Waals surface area contributed by atoms with Gasteiger partial charge in [-0.25, -0.2) is 4.79 Å². The monoisotopic (exact) mass is 267 g/mol. The van der Waals surface area contributed by atoms with Crippen molar-refractivity contribution in [1.29, 1.82) is 0 Å². The minimum absolute atomic E-state index is 0.0348. The van der Waals surface area contributed by atoms with Crippen LogP contribution >= 0.6 is 0 Å². The maximum Gasteiger partial charge on any atom is 0.333 e. The third-order valence-electron chi connectivity index (χ3n) is 2.67. The molecule has 0 saturated carbocycles. The average Bonchev–Trinajstić information content (AvgIpc) is 2.40. The third kappa shape index (κ3) is 8.19. The molecule has 4 nitrogen and oxygen atoms in total. The summed E-state index contributed by atoms with van der Waals surface area (Å²) in [4.78, 5) is 24.5. The van der Waals surface area contributed by atoms with E-state index in [0.29, 0.717) is 18.7 Å². The Hall–Kier alpha value is -1.58. The summed E-state index contributed by atoms with van der Waals surface area (Å²) < 4.78 is 4.99. The fourth-order valence-corrected chi connectivity index (χ4v) is 1.50. The molecule has 0 fully saturated rings. The van der Waals surface area contributed by atoms with Gasteiger partial charge in [0.15, 0.2) is 0 Å². The van der Waals surface area contributed by atoms with Crippen molar-refractivity contribution in [3.63, 3.8) is 0 Å². The van der Waals surface area contributed by atoms with E-state index in [9.17, 15) is 9.59 Å². The molecule has 0 bridgehead atoms. The largest absolute Gasteiger partial charge is 0.462 e. The van der Waals surface area contributed by atoms with Gasteiger partial charge in [0.25, 0.3) is 0 Å². The number of unbranched alkanes of at least 4 members (excludes halogenated alkanes) is 2. The van der Waals surface area contributed by atoms with Gasteiger partial charge in [-0.1, -0.05) is 26.5 Å². The summed E-state index contributed by atoms with van der Waals surface area (Å²) >= 11 is 0. The van der Waals surface area contributed by atoms with Crippen molar-refractivity contribution < 1.29 is 14.3 Å². The molecular formula is C15H25NO3. The summed E-state index contributed by atoms with van der Waals surface area (Å²) in [5, 5.41) is 0. The van der Waals surface area contributed by atoms with Crippen molar-refractivity contribution in [3.8, 4) is 0 Å². The van der Waals surface area contributed by atoms with Crippen molar-refractivity contribution in [2.75, 3.05) is 19.7 Å². The highest BCUT2D eigenvalue weighted by atomic mass is 16.5. The van der Waals surface area contributed by atoms with Crippen LogP contribution < -0.4 is 0 Å². The first-order valence-electron chi connectivity index (χ1n) is 6.76. The van der Waals surface area contributed by atoms with Crippen molar-refractivity contribution in [3.05, 3.63) is 24.8 Å². The maximum atomic E-state index is 11.6. The van der Waals surface area contributed by atoms with E-state index < -0.39 is 0 Å². The lowest BCUT2D eigenvalue weighted by Gasteiger charge is -2.20. The van der Waals surface area contributed by atoms with Gasteiger partial charge in [-0.2, -0.15) is 0 Å². The number of ether oxygens (including phenoxy) is 1. The van der Waals surface area contributed by atoms with Gasteiger partial charge in [0.2, 0.25) is 5.91 Å². The highest BCUT2D eigenvalue weighted by Crippen LogP contribution is 2.02. The number of hydrogen-bond donors (Lipinski definition) is 0. The zero-order valence-corrected chi connectivity index (χ0v) is 12.1. The number of nitrogens with zero attached hydrogens (tertiary/aromatic N) is 1. The van der Waals surface area contributed by atoms with E-state index in [2.05, 4.69) is 20.1 Å². The third-order valence-corrected chi connectivity index (χ3v) is 2.67. The molecule has 0 aliphatic rings. The van der Waals surface area contributed by atoms with Crippen LogP contribution in [0.15, 0.2) is 24.8 Å². The second-order valence-electron chi connectivity index (χ2n) is 4.51. The molecule has 0 unspecified atom stereocenters. The van der Waals surface area contributed by atoms with E-state index in [-0.39, 0.29) is 11.9 Å². The normalized spacial score (nSPS) is 9.79. The van der Waals surface area contributed by atoms with E-state index in [1.807, 2.05) is 0 Å². The molecule has 0 rings (SSSR count). The molecule has 0 saturated heterocycles. The van der Waals surface area contributed by atoms with E-state index in [1.54, 1.807) is 11.8 Å². The van der Waals surface area contributed by atoms with E-state index >= 15 is 0 Å². The minimum Gasteiger partial charge on any atom is -0.462 e. The van der Waals surface area contributed by atoms with Crippen LogP contribution in [0.1, 0.15) is 39.5 Å². The van der Waals surface area contributed by atoms with Crippen molar-refractivity contribution in [2.24, 2.45) is 0 Å². The maximum absolute atomic E-state index is 11.6. The van der Waals surface area contributed by atoms with Gasteiger partial charge < -0.3 is 9.64 Å². The van der Waals surface area contributed by atoms with Crippen LogP contribution in [-0.2, 0) is 14.3 Å². The van der Waals surface area contributed by atoms with Gasteiger partial charge in [0, 0.05) is 18.7 Å². The van der Waals surface area contributed by atoms with Crippen molar-refractivity contribution in [1.82, 2.24) is 4.90 Å². The summed E-state index contributed by atoms with van der Waals surface area (Å²) in [6.07, 6.45) is 4.94. The van der Waals surface area contributed by atoms with Crippen LogP contribution in [0.3, 0.4) is 0 Å². The first-order valence-corrected chi connectivity index (χ1v) is 6.76. The first-order chi connectivity index (χ1) is 9.02. The van der Waals surface area contributed by atoms with Gasteiger partial charge >= 0.3 is 5.97 Å². The second kappa shape index (κ2) is 10.4. The summed E-state index contributed by atoms with van der Waals surface area (Å²) in [7, 11) is 0. The van der Waals surface area contributed by atoms with Crippen molar-refractivity contribution >= 4 is 11.9 Å². The topological polar surface area (TPSA) is 46.6 Å². The van der Waals surface area contributed by atoms with E-state index in [0.717, 1.165) is 32.2 Å².